The topological polar surface area (TPSA) is 42.2 Å². The molecular weight excluding hydrogens is 210 g/mol. The summed E-state index contributed by atoms with van der Waals surface area (Å²) < 4.78 is 0. The van der Waals surface area contributed by atoms with E-state index in [-0.39, 0.29) is 5.54 Å². The van der Waals surface area contributed by atoms with E-state index in [1.807, 2.05) is 18.3 Å². The van der Waals surface area contributed by atoms with Gasteiger partial charge in [-0.1, -0.05) is 26.8 Å². The fourth-order valence-electron chi connectivity index (χ4n) is 1.92. The minimum atomic E-state index is -0.0647. The summed E-state index contributed by atoms with van der Waals surface area (Å²) in [5.74, 6) is 0. The summed E-state index contributed by atoms with van der Waals surface area (Å²) in [5.41, 5.74) is 7.41. The molecule has 2 N–H and O–H groups in total. The Balaban J connectivity index is 2.60. The zero-order chi connectivity index (χ0) is 12.7. The van der Waals surface area contributed by atoms with Crippen molar-refractivity contribution in [3.05, 3.63) is 30.1 Å². The molecule has 17 heavy (non-hydrogen) atoms. The molecule has 1 aromatic rings. The van der Waals surface area contributed by atoms with E-state index in [4.69, 9.17) is 5.73 Å². The lowest BCUT2D eigenvalue weighted by Gasteiger charge is -2.33. The van der Waals surface area contributed by atoms with Crippen LogP contribution in [0.25, 0.3) is 0 Å². The molecule has 0 aliphatic heterocycles. The number of hydrogen-bond acceptors (Lipinski definition) is 3. The van der Waals surface area contributed by atoms with Crippen molar-refractivity contribution in [1.82, 2.24) is 9.88 Å². The van der Waals surface area contributed by atoms with Gasteiger partial charge >= 0.3 is 0 Å². The molecule has 0 spiro atoms. The number of hydrogen-bond donors (Lipinski definition) is 1. The fourth-order valence-corrected chi connectivity index (χ4v) is 1.92. The molecule has 3 nitrogen and oxygen atoms in total. The van der Waals surface area contributed by atoms with Crippen molar-refractivity contribution >= 4 is 0 Å². The Hall–Kier alpha value is -0.930. The molecular formula is C14H25N3. The highest BCUT2D eigenvalue weighted by atomic mass is 15.1. The van der Waals surface area contributed by atoms with Crippen LogP contribution in [0.2, 0.25) is 0 Å². The first-order valence-electron chi connectivity index (χ1n) is 6.54. The molecule has 0 bridgehead atoms. The smallest absolute Gasteiger partial charge is 0.0543 e. The highest BCUT2D eigenvalue weighted by Crippen LogP contribution is 2.14. The molecule has 0 atom stereocenters. The Kier molecular flexibility index (Phi) is 5.59. The van der Waals surface area contributed by atoms with Crippen molar-refractivity contribution in [2.75, 3.05) is 13.1 Å². The highest BCUT2D eigenvalue weighted by molar-refractivity contribution is 5.03. The van der Waals surface area contributed by atoms with Crippen LogP contribution >= 0.6 is 0 Å². The van der Waals surface area contributed by atoms with Crippen molar-refractivity contribution in [3.8, 4) is 0 Å². The van der Waals surface area contributed by atoms with Gasteiger partial charge in [0.15, 0.2) is 0 Å². The SMILES string of the molecule is CCN(Cc1ccccn1)CC(N)(CC)CC. The van der Waals surface area contributed by atoms with Gasteiger partial charge in [0.1, 0.15) is 0 Å². The number of nitrogens with two attached hydrogens (primary N) is 1. The maximum Gasteiger partial charge on any atom is 0.0543 e. The maximum absolute atomic E-state index is 6.36. The first-order valence-corrected chi connectivity index (χ1v) is 6.54. The molecule has 0 aliphatic rings. The monoisotopic (exact) mass is 235 g/mol. The van der Waals surface area contributed by atoms with E-state index in [1.54, 1.807) is 0 Å². The zero-order valence-corrected chi connectivity index (χ0v) is 11.3. The summed E-state index contributed by atoms with van der Waals surface area (Å²) in [6.07, 6.45) is 3.88. The molecule has 0 saturated carbocycles. The largest absolute Gasteiger partial charge is 0.324 e. The van der Waals surface area contributed by atoms with Crippen LogP contribution < -0.4 is 5.73 Å². The predicted octanol–water partition coefficient (Wildman–Crippen LogP) is 2.42. The van der Waals surface area contributed by atoms with Crippen molar-refractivity contribution < 1.29 is 0 Å². The lowest BCUT2D eigenvalue weighted by Crippen LogP contribution is -2.49. The van der Waals surface area contributed by atoms with E-state index in [1.165, 1.54) is 0 Å². The Labute approximate surface area is 105 Å². The zero-order valence-electron chi connectivity index (χ0n) is 11.3. The minimum absolute atomic E-state index is 0.0647. The average molecular weight is 235 g/mol. The lowest BCUT2D eigenvalue weighted by atomic mass is 9.93. The van der Waals surface area contributed by atoms with Gasteiger partial charge in [-0.3, -0.25) is 9.88 Å². The van der Waals surface area contributed by atoms with Gasteiger partial charge in [0.05, 0.1) is 5.69 Å². The van der Waals surface area contributed by atoms with Crippen LogP contribution in [0, 0.1) is 0 Å². The van der Waals surface area contributed by atoms with Gasteiger partial charge in [0.25, 0.3) is 0 Å². The number of likely N-dealkylation sites (N-methyl/N-ethyl adjacent to an activating group) is 1. The Morgan fingerprint density at radius 1 is 1.24 bits per heavy atom. The normalized spacial score (nSPS) is 12.1. The van der Waals surface area contributed by atoms with Crippen molar-refractivity contribution in [3.63, 3.8) is 0 Å². The Morgan fingerprint density at radius 2 is 1.94 bits per heavy atom. The second-order valence-electron chi connectivity index (χ2n) is 4.69. The van der Waals surface area contributed by atoms with Gasteiger partial charge in [-0.05, 0) is 31.5 Å². The molecule has 3 heteroatoms. The van der Waals surface area contributed by atoms with Crippen LogP contribution in [-0.4, -0.2) is 28.5 Å². The van der Waals surface area contributed by atoms with E-state index in [9.17, 15) is 0 Å². The second kappa shape index (κ2) is 6.72. The van der Waals surface area contributed by atoms with Gasteiger partial charge in [-0.25, -0.2) is 0 Å². The van der Waals surface area contributed by atoms with Gasteiger partial charge in [0.2, 0.25) is 0 Å². The van der Waals surface area contributed by atoms with Crippen LogP contribution in [0.4, 0.5) is 0 Å². The van der Waals surface area contributed by atoms with Crippen LogP contribution in [0.15, 0.2) is 24.4 Å². The summed E-state index contributed by atoms with van der Waals surface area (Å²) in [6.45, 7) is 9.34. The molecule has 0 radical (unpaired) electrons. The van der Waals surface area contributed by atoms with Gasteiger partial charge < -0.3 is 5.73 Å². The standard InChI is InChI=1S/C14H25N3/c1-4-14(15,5-2)12-17(6-3)11-13-9-7-8-10-16-13/h7-10H,4-6,11-12,15H2,1-3H3. The van der Waals surface area contributed by atoms with Crippen LogP contribution in [0.3, 0.4) is 0 Å². The molecule has 1 heterocycles. The van der Waals surface area contributed by atoms with Crippen LogP contribution in [0.5, 0.6) is 0 Å². The van der Waals surface area contributed by atoms with E-state index >= 15 is 0 Å². The summed E-state index contributed by atoms with van der Waals surface area (Å²) in [4.78, 5) is 6.74. The summed E-state index contributed by atoms with van der Waals surface area (Å²) in [7, 11) is 0. The first kappa shape index (κ1) is 14.1. The second-order valence-corrected chi connectivity index (χ2v) is 4.69. The van der Waals surface area contributed by atoms with E-state index in [0.29, 0.717) is 0 Å². The third kappa shape index (κ3) is 4.44. The van der Waals surface area contributed by atoms with E-state index < -0.39 is 0 Å². The Bertz CT molecular complexity index is 307. The molecule has 0 aliphatic carbocycles. The molecule has 0 saturated heterocycles. The van der Waals surface area contributed by atoms with Gasteiger partial charge in [0, 0.05) is 24.8 Å². The maximum atomic E-state index is 6.36. The van der Waals surface area contributed by atoms with E-state index in [2.05, 4.69) is 36.7 Å². The highest BCUT2D eigenvalue weighted by Gasteiger charge is 2.23. The first-order chi connectivity index (χ1) is 8.13. The molecule has 0 fully saturated rings. The molecule has 0 amide bonds. The summed E-state index contributed by atoms with van der Waals surface area (Å²) >= 11 is 0. The minimum Gasteiger partial charge on any atom is -0.324 e. The third-order valence-electron chi connectivity index (χ3n) is 3.51. The lowest BCUT2D eigenvalue weighted by molar-refractivity contribution is 0.198. The predicted molar refractivity (Wildman–Crippen MR) is 72.7 cm³/mol. The summed E-state index contributed by atoms with van der Waals surface area (Å²) in [6, 6.07) is 6.05. The van der Waals surface area contributed by atoms with Gasteiger partial charge in [-0.2, -0.15) is 0 Å². The molecule has 0 aromatic carbocycles. The van der Waals surface area contributed by atoms with Gasteiger partial charge in [-0.15, -0.1) is 0 Å². The Morgan fingerprint density at radius 3 is 2.41 bits per heavy atom. The number of aromatic nitrogens is 1. The number of rotatable bonds is 7. The van der Waals surface area contributed by atoms with E-state index in [0.717, 1.165) is 38.2 Å². The molecule has 96 valence electrons. The third-order valence-corrected chi connectivity index (χ3v) is 3.51. The molecule has 0 unspecified atom stereocenters. The van der Waals surface area contributed by atoms with Crippen molar-refractivity contribution in [2.45, 2.75) is 45.7 Å². The molecule has 1 aromatic heterocycles. The average Bonchev–Trinajstić information content (AvgIpc) is 2.39. The molecule has 1 rings (SSSR count). The van der Waals surface area contributed by atoms with Crippen LogP contribution in [-0.2, 0) is 6.54 Å². The quantitative estimate of drug-likeness (QED) is 0.789. The van der Waals surface area contributed by atoms with Crippen molar-refractivity contribution in [2.24, 2.45) is 5.73 Å². The summed E-state index contributed by atoms with van der Waals surface area (Å²) in [5, 5.41) is 0. The fraction of sp³-hybridized carbons (Fsp3) is 0.643. The number of nitrogens with zero attached hydrogens (tertiary/aromatic N) is 2. The van der Waals surface area contributed by atoms with Crippen molar-refractivity contribution in [1.29, 1.82) is 0 Å². The van der Waals surface area contributed by atoms with Crippen LogP contribution in [0.1, 0.15) is 39.3 Å². The number of pyridine rings is 1.